The van der Waals surface area contributed by atoms with E-state index >= 15 is 0 Å². The second kappa shape index (κ2) is 2.96. The number of allylic oxidation sites excluding steroid dienone is 1. The first-order valence-electron chi connectivity index (χ1n) is 6.84. The maximum absolute atomic E-state index is 11.7. The Balaban J connectivity index is 1.88. The highest BCUT2D eigenvalue weighted by Crippen LogP contribution is 2.73. The molecule has 1 heterocycles. The minimum atomic E-state index is -1.82. The molecule has 4 aliphatic rings. The molecule has 0 radical (unpaired) electrons. The molecule has 2 N–H and O–H groups in total. The van der Waals surface area contributed by atoms with Gasteiger partial charge in [0, 0.05) is 16.6 Å². The van der Waals surface area contributed by atoms with Gasteiger partial charge in [-0.2, -0.15) is 0 Å². The second-order valence-electron chi connectivity index (χ2n) is 6.74. The quantitative estimate of drug-likeness (QED) is 0.507. The normalized spacial score (nSPS) is 54.7. The van der Waals surface area contributed by atoms with E-state index < -0.39 is 23.3 Å². The van der Waals surface area contributed by atoms with E-state index in [-0.39, 0.29) is 5.92 Å². The number of ether oxygens (including phenoxy) is 1. The summed E-state index contributed by atoms with van der Waals surface area (Å²) in [5.41, 5.74) is 1.74. The molecule has 3 saturated carbocycles. The van der Waals surface area contributed by atoms with Crippen molar-refractivity contribution in [3.8, 4) is 0 Å². The van der Waals surface area contributed by atoms with E-state index in [1.807, 2.05) is 6.92 Å². The van der Waals surface area contributed by atoms with E-state index in [9.17, 15) is 15.0 Å². The number of carbonyl (C=O) groups excluding carboxylic acids is 1. The number of esters is 1. The molecule has 0 bridgehead atoms. The fourth-order valence-electron chi connectivity index (χ4n) is 4.77. The third kappa shape index (κ3) is 1.04. The van der Waals surface area contributed by atoms with Crippen LogP contribution in [0.1, 0.15) is 26.7 Å². The van der Waals surface area contributed by atoms with Gasteiger partial charge in [-0.05, 0) is 37.5 Å². The smallest absolute Gasteiger partial charge is 0.336 e. The molecule has 6 atom stereocenters. The van der Waals surface area contributed by atoms with E-state index in [1.54, 1.807) is 6.92 Å². The lowest BCUT2D eigenvalue weighted by molar-refractivity contribution is -0.256. The number of aliphatic hydroxyl groups is 2. The van der Waals surface area contributed by atoms with Crippen LogP contribution in [-0.2, 0) is 9.53 Å². The zero-order valence-corrected chi connectivity index (χ0v) is 11.1. The predicted molar refractivity (Wildman–Crippen MR) is 66.7 cm³/mol. The van der Waals surface area contributed by atoms with Crippen molar-refractivity contribution in [2.75, 3.05) is 0 Å². The van der Waals surface area contributed by atoms with Gasteiger partial charge in [-0.3, -0.25) is 0 Å². The molecule has 102 valence electrons. The monoisotopic (exact) mass is 262 g/mol. The summed E-state index contributed by atoms with van der Waals surface area (Å²) in [6.07, 6.45) is 0.544. The first-order valence-corrected chi connectivity index (χ1v) is 6.84. The van der Waals surface area contributed by atoms with E-state index in [0.29, 0.717) is 29.4 Å². The Morgan fingerprint density at radius 2 is 2.16 bits per heavy atom. The lowest BCUT2D eigenvalue weighted by Gasteiger charge is -2.49. The topological polar surface area (TPSA) is 66.8 Å². The van der Waals surface area contributed by atoms with Gasteiger partial charge in [0.25, 0.3) is 5.79 Å². The van der Waals surface area contributed by atoms with Crippen LogP contribution in [0.3, 0.4) is 0 Å². The summed E-state index contributed by atoms with van der Waals surface area (Å²) in [6, 6.07) is 0. The maximum atomic E-state index is 11.7. The van der Waals surface area contributed by atoms with Gasteiger partial charge in [0.2, 0.25) is 0 Å². The van der Waals surface area contributed by atoms with Crippen molar-refractivity contribution in [2.45, 2.75) is 38.6 Å². The highest BCUT2D eigenvalue weighted by Gasteiger charge is 2.73. The molecule has 0 saturated heterocycles. The van der Waals surface area contributed by atoms with E-state index in [0.717, 1.165) is 6.42 Å². The fourth-order valence-corrected chi connectivity index (χ4v) is 4.77. The Morgan fingerprint density at radius 1 is 1.47 bits per heavy atom. The molecular weight excluding hydrogens is 244 g/mol. The van der Waals surface area contributed by atoms with Crippen molar-refractivity contribution in [2.24, 2.45) is 23.2 Å². The SMILES string of the molecule is C=C1[C@H]2C[C@H]2[C@@]2(C)[C@H]1CC1=C(C)C(=O)O[C@@]1(O)[C@H]2O. The Bertz CT molecular complexity index is 562. The van der Waals surface area contributed by atoms with Crippen molar-refractivity contribution in [3.05, 3.63) is 23.3 Å². The van der Waals surface area contributed by atoms with Crippen molar-refractivity contribution >= 4 is 5.97 Å². The predicted octanol–water partition coefficient (Wildman–Crippen LogP) is 1.14. The molecule has 3 fully saturated rings. The Labute approximate surface area is 111 Å². The van der Waals surface area contributed by atoms with Gasteiger partial charge in [-0.15, -0.1) is 0 Å². The van der Waals surface area contributed by atoms with Gasteiger partial charge in [0.15, 0.2) is 0 Å². The van der Waals surface area contributed by atoms with Gasteiger partial charge in [-0.1, -0.05) is 19.1 Å². The summed E-state index contributed by atoms with van der Waals surface area (Å²) >= 11 is 0. The summed E-state index contributed by atoms with van der Waals surface area (Å²) < 4.78 is 5.12. The van der Waals surface area contributed by atoms with E-state index in [2.05, 4.69) is 6.58 Å². The summed E-state index contributed by atoms with van der Waals surface area (Å²) in [5.74, 6) is -1.35. The minimum Gasteiger partial charge on any atom is -0.423 e. The average molecular weight is 262 g/mol. The van der Waals surface area contributed by atoms with Gasteiger partial charge >= 0.3 is 5.97 Å². The maximum Gasteiger partial charge on any atom is 0.336 e. The second-order valence-corrected chi connectivity index (χ2v) is 6.74. The Hall–Kier alpha value is -1.13. The Morgan fingerprint density at radius 3 is 2.84 bits per heavy atom. The van der Waals surface area contributed by atoms with Crippen LogP contribution in [0.25, 0.3) is 0 Å². The molecule has 4 nitrogen and oxygen atoms in total. The van der Waals surface area contributed by atoms with Crippen molar-refractivity contribution in [1.29, 1.82) is 0 Å². The van der Waals surface area contributed by atoms with Gasteiger partial charge < -0.3 is 14.9 Å². The molecule has 4 heteroatoms. The third-order valence-corrected chi connectivity index (χ3v) is 6.07. The number of aliphatic hydroxyl groups excluding tert-OH is 1. The van der Waals surface area contributed by atoms with Crippen LogP contribution >= 0.6 is 0 Å². The van der Waals surface area contributed by atoms with Gasteiger partial charge in [-0.25, -0.2) is 4.79 Å². The minimum absolute atomic E-state index is 0.144. The van der Waals surface area contributed by atoms with Crippen LogP contribution in [0.5, 0.6) is 0 Å². The first kappa shape index (κ1) is 11.7. The molecule has 4 rings (SSSR count). The highest BCUT2D eigenvalue weighted by molar-refractivity contribution is 5.92. The van der Waals surface area contributed by atoms with Crippen molar-refractivity contribution in [1.82, 2.24) is 0 Å². The highest BCUT2D eigenvalue weighted by atomic mass is 16.7. The van der Waals surface area contributed by atoms with Crippen LogP contribution < -0.4 is 0 Å². The van der Waals surface area contributed by atoms with Crippen LogP contribution in [-0.4, -0.2) is 28.1 Å². The first-order chi connectivity index (χ1) is 8.81. The van der Waals surface area contributed by atoms with Crippen LogP contribution in [0.4, 0.5) is 0 Å². The standard InChI is InChI=1S/C15H18O4/c1-6-8-4-11(8)14(3)9(6)5-10-7(2)12(16)19-15(10,18)13(14)17/h8-9,11,13,17-18H,1,4-5H2,2-3H3/t8-,9+,11-,13+,14-,15-/m1/s1. The number of rotatable bonds is 0. The fraction of sp³-hybridized carbons (Fsp3) is 0.667. The summed E-state index contributed by atoms with van der Waals surface area (Å²) in [4.78, 5) is 11.7. The molecule has 0 spiro atoms. The largest absolute Gasteiger partial charge is 0.423 e. The molecule has 3 aliphatic carbocycles. The number of hydrogen-bond donors (Lipinski definition) is 2. The van der Waals surface area contributed by atoms with E-state index in [1.165, 1.54) is 5.57 Å². The molecule has 19 heavy (non-hydrogen) atoms. The molecule has 0 amide bonds. The van der Waals surface area contributed by atoms with E-state index in [4.69, 9.17) is 4.74 Å². The molecule has 0 unspecified atom stereocenters. The summed E-state index contributed by atoms with van der Waals surface area (Å²) in [5, 5.41) is 21.4. The zero-order chi connectivity index (χ0) is 13.7. The van der Waals surface area contributed by atoms with Crippen molar-refractivity contribution < 1.29 is 19.7 Å². The van der Waals surface area contributed by atoms with Crippen LogP contribution in [0.15, 0.2) is 23.3 Å². The molecule has 0 aromatic rings. The third-order valence-electron chi connectivity index (χ3n) is 6.07. The van der Waals surface area contributed by atoms with Gasteiger partial charge in [0.1, 0.15) is 6.10 Å². The lowest BCUT2D eigenvalue weighted by Crippen LogP contribution is -2.59. The number of hydrogen-bond acceptors (Lipinski definition) is 4. The number of fused-ring (bicyclic) bond motifs is 4. The summed E-state index contributed by atoms with van der Waals surface area (Å²) in [7, 11) is 0. The van der Waals surface area contributed by atoms with Crippen LogP contribution in [0, 0.1) is 23.2 Å². The summed E-state index contributed by atoms with van der Waals surface area (Å²) in [6.45, 7) is 7.84. The van der Waals surface area contributed by atoms with Crippen molar-refractivity contribution in [3.63, 3.8) is 0 Å². The molecular formula is C15H18O4. The number of carbonyl (C=O) groups is 1. The molecule has 0 aromatic heterocycles. The lowest BCUT2D eigenvalue weighted by atomic mass is 9.60. The van der Waals surface area contributed by atoms with Gasteiger partial charge in [0.05, 0.1) is 0 Å². The Kier molecular flexibility index (Phi) is 1.82. The molecule has 0 aromatic carbocycles. The molecule has 1 aliphatic heterocycles. The average Bonchev–Trinajstić information content (AvgIpc) is 3.07. The van der Waals surface area contributed by atoms with Crippen LogP contribution in [0.2, 0.25) is 0 Å². The zero-order valence-electron chi connectivity index (χ0n) is 11.1.